The highest BCUT2D eigenvalue weighted by molar-refractivity contribution is 6.33. The smallest absolute Gasteiger partial charge is 0.335 e. The standard InChI is InChI=1S/C13H13ClN4O2/c1-18(2)13-15-6-5-11(17-13)16-10-4-3-8(12(19)20)7-9(10)14/h3-7H,1-2H3,(H,19,20)(H,15,16,17). The summed E-state index contributed by atoms with van der Waals surface area (Å²) in [5.41, 5.74) is 0.720. The highest BCUT2D eigenvalue weighted by atomic mass is 35.5. The molecule has 0 radical (unpaired) electrons. The summed E-state index contributed by atoms with van der Waals surface area (Å²) >= 11 is 6.05. The lowest BCUT2D eigenvalue weighted by molar-refractivity contribution is 0.0697. The Kier molecular flexibility index (Phi) is 4.05. The molecule has 6 nitrogen and oxygen atoms in total. The number of nitrogens with one attached hydrogen (secondary N) is 1. The Morgan fingerprint density at radius 1 is 1.35 bits per heavy atom. The van der Waals surface area contributed by atoms with Crippen LogP contribution in [0.4, 0.5) is 17.5 Å². The topological polar surface area (TPSA) is 78.4 Å². The van der Waals surface area contributed by atoms with Crippen LogP contribution < -0.4 is 10.2 Å². The Balaban J connectivity index is 2.26. The van der Waals surface area contributed by atoms with E-state index in [0.717, 1.165) is 0 Å². The molecule has 20 heavy (non-hydrogen) atoms. The van der Waals surface area contributed by atoms with Gasteiger partial charge in [-0.25, -0.2) is 9.78 Å². The summed E-state index contributed by atoms with van der Waals surface area (Å²) in [4.78, 5) is 21.0. The number of carboxylic acids is 1. The molecule has 2 rings (SSSR count). The van der Waals surface area contributed by atoms with Crippen molar-refractivity contribution in [2.75, 3.05) is 24.3 Å². The zero-order valence-corrected chi connectivity index (χ0v) is 11.7. The Bertz CT molecular complexity index is 646. The molecule has 0 saturated carbocycles. The van der Waals surface area contributed by atoms with Gasteiger partial charge in [0.1, 0.15) is 5.82 Å². The molecule has 7 heteroatoms. The van der Waals surface area contributed by atoms with Crippen LogP contribution in [0.2, 0.25) is 5.02 Å². The molecule has 0 atom stereocenters. The van der Waals surface area contributed by atoms with E-state index in [1.54, 1.807) is 23.2 Å². The van der Waals surface area contributed by atoms with Crippen molar-refractivity contribution in [2.45, 2.75) is 0 Å². The number of halogens is 1. The summed E-state index contributed by atoms with van der Waals surface area (Å²) in [6.07, 6.45) is 1.63. The minimum atomic E-state index is -1.02. The first kappa shape index (κ1) is 14.1. The van der Waals surface area contributed by atoms with Gasteiger partial charge in [0.05, 0.1) is 16.3 Å². The molecule has 0 unspecified atom stereocenters. The summed E-state index contributed by atoms with van der Waals surface area (Å²) in [6, 6.07) is 6.17. The van der Waals surface area contributed by atoms with Crippen LogP contribution in [0, 0.1) is 0 Å². The van der Waals surface area contributed by atoms with Gasteiger partial charge in [0, 0.05) is 20.3 Å². The summed E-state index contributed by atoms with van der Waals surface area (Å²) in [7, 11) is 3.68. The fraction of sp³-hybridized carbons (Fsp3) is 0.154. The minimum absolute atomic E-state index is 0.136. The molecule has 0 bridgehead atoms. The Hall–Kier alpha value is -2.34. The molecule has 1 aromatic heterocycles. The van der Waals surface area contributed by atoms with Gasteiger partial charge < -0.3 is 15.3 Å². The van der Waals surface area contributed by atoms with Crippen molar-refractivity contribution in [3.8, 4) is 0 Å². The maximum Gasteiger partial charge on any atom is 0.335 e. The van der Waals surface area contributed by atoms with Gasteiger partial charge in [-0.3, -0.25) is 0 Å². The van der Waals surface area contributed by atoms with Gasteiger partial charge in [0.15, 0.2) is 0 Å². The lowest BCUT2D eigenvalue weighted by atomic mass is 10.2. The third-order valence-corrected chi connectivity index (χ3v) is 2.83. The van der Waals surface area contributed by atoms with Crippen LogP contribution in [0.15, 0.2) is 30.5 Å². The van der Waals surface area contributed by atoms with Crippen LogP contribution in [-0.2, 0) is 0 Å². The SMILES string of the molecule is CN(C)c1nccc(Nc2ccc(C(=O)O)cc2Cl)n1. The number of aromatic nitrogens is 2. The van der Waals surface area contributed by atoms with Crippen LogP contribution in [0.3, 0.4) is 0 Å². The van der Waals surface area contributed by atoms with Crippen LogP contribution in [-0.4, -0.2) is 35.1 Å². The van der Waals surface area contributed by atoms with E-state index in [1.165, 1.54) is 12.1 Å². The zero-order valence-electron chi connectivity index (χ0n) is 11.0. The monoisotopic (exact) mass is 292 g/mol. The summed E-state index contributed by atoms with van der Waals surface area (Å²) < 4.78 is 0. The van der Waals surface area contributed by atoms with Crippen molar-refractivity contribution < 1.29 is 9.90 Å². The van der Waals surface area contributed by atoms with Crippen molar-refractivity contribution in [3.63, 3.8) is 0 Å². The first-order valence-corrected chi connectivity index (χ1v) is 6.15. The summed E-state index contributed by atoms with van der Waals surface area (Å²) in [5.74, 6) is 0.123. The van der Waals surface area contributed by atoms with Gasteiger partial charge in [-0.15, -0.1) is 0 Å². The van der Waals surface area contributed by atoms with Crippen molar-refractivity contribution in [3.05, 3.63) is 41.0 Å². The first-order chi connectivity index (χ1) is 9.47. The molecular formula is C13H13ClN4O2. The molecule has 0 aliphatic carbocycles. The largest absolute Gasteiger partial charge is 0.478 e. The number of hydrogen-bond acceptors (Lipinski definition) is 5. The maximum absolute atomic E-state index is 10.8. The van der Waals surface area contributed by atoms with E-state index in [0.29, 0.717) is 22.5 Å². The van der Waals surface area contributed by atoms with E-state index in [-0.39, 0.29) is 5.56 Å². The van der Waals surface area contributed by atoms with Crippen LogP contribution >= 0.6 is 11.6 Å². The molecular weight excluding hydrogens is 280 g/mol. The second kappa shape index (κ2) is 5.75. The third-order valence-electron chi connectivity index (χ3n) is 2.52. The number of carboxylic acid groups (broad SMARTS) is 1. The van der Waals surface area contributed by atoms with Gasteiger partial charge >= 0.3 is 5.97 Å². The van der Waals surface area contributed by atoms with Crippen LogP contribution in [0.1, 0.15) is 10.4 Å². The van der Waals surface area contributed by atoms with E-state index in [4.69, 9.17) is 16.7 Å². The minimum Gasteiger partial charge on any atom is -0.478 e. The molecule has 0 aliphatic heterocycles. The predicted octanol–water partition coefficient (Wildman–Crippen LogP) is 2.64. The van der Waals surface area contributed by atoms with E-state index in [2.05, 4.69) is 15.3 Å². The molecule has 0 spiro atoms. The second-order valence-electron chi connectivity index (χ2n) is 4.26. The molecule has 0 aliphatic rings. The Labute approximate surface area is 121 Å². The number of nitrogens with zero attached hydrogens (tertiary/aromatic N) is 3. The van der Waals surface area contributed by atoms with Crippen molar-refractivity contribution in [1.29, 1.82) is 0 Å². The van der Waals surface area contributed by atoms with Gasteiger partial charge in [0.25, 0.3) is 0 Å². The molecule has 0 amide bonds. The summed E-state index contributed by atoms with van der Waals surface area (Å²) in [6.45, 7) is 0. The number of hydrogen-bond donors (Lipinski definition) is 2. The average molecular weight is 293 g/mol. The molecule has 1 heterocycles. The number of benzene rings is 1. The van der Waals surface area contributed by atoms with Gasteiger partial charge in [-0.05, 0) is 24.3 Å². The summed E-state index contributed by atoms with van der Waals surface area (Å²) in [5, 5.41) is 12.2. The molecule has 0 fully saturated rings. The second-order valence-corrected chi connectivity index (χ2v) is 4.67. The highest BCUT2D eigenvalue weighted by Gasteiger charge is 2.08. The Morgan fingerprint density at radius 3 is 2.70 bits per heavy atom. The highest BCUT2D eigenvalue weighted by Crippen LogP contribution is 2.26. The van der Waals surface area contributed by atoms with E-state index < -0.39 is 5.97 Å². The fourth-order valence-electron chi connectivity index (χ4n) is 1.52. The van der Waals surface area contributed by atoms with Gasteiger partial charge in [-0.1, -0.05) is 11.6 Å². The van der Waals surface area contributed by atoms with Crippen LogP contribution in [0.5, 0.6) is 0 Å². The Morgan fingerprint density at radius 2 is 2.10 bits per heavy atom. The lowest BCUT2D eigenvalue weighted by Crippen LogP contribution is -2.13. The van der Waals surface area contributed by atoms with E-state index in [1.807, 2.05) is 14.1 Å². The van der Waals surface area contributed by atoms with E-state index in [9.17, 15) is 4.79 Å². The first-order valence-electron chi connectivity index (χ1n) is 5.77. The van der Waals surface area contributed by atoms with Crippen molar-refractivity contribution in [2.24, 2.45) is 0 Å². The van der Waals surface area contributed by atoms with Crippen molar-refractivity contribution in [1.82, 2.24) is 9.97 Å². The van der Waals surface area contributed by atoms with Crippen molar-refractivity contribution >= 4 is 35.0 Å². The maximum atomic E-state index is 10.8. The molecule has 2 aromatic rings. The predicted molar refractivity (Wildman–Crippen MR) is 78.1 cm³/mol. The molecule has 0 saturated heterocycles. The molecule has 104 valence electrons. The average Bonchev–Trinajstić information content (AvgIpc) is 2.41. The zero-order chi connectivity index (χ0) is 14.7. The number of carbonyl (C=O) groups is 1. The quantitative estimate of drug-likeness (QED) is 0.902. The van der Waals surface area contributed by atoms with Crippen LogP contribution in [0.25, 0.3) is 0 Å². The molecule has 1 aromatic carbocycles. The molecule has 2 N–H and O–H groups in total. The normalized spacial score (nSPS) is 10.2. The van der Waals surface area contributed by atoms with Gasteiger partial charge in [-0.2, -0.15) is 4.98 Å². The number of anilines is 3. The fourth-order valence-corrected chi connectivity index (χ4v) is 1.75. The number of rotatable bonds is 4. The third kappa shape index (κ3) is 3.16. The number of aromatic carboxylic acids is 1. The van der Waals surface area contributed by atoms with E-state index >= 15 is 0 Å². The lowest BCUT2D eigenvalue weighted by Gasteiger charge is -2.12. The van der Waals surface area contributed by atoms with Gasteiger partial charge in [0.2, 0.25) is 5.95 Å².